The van der Waals surface area contributed by atoms with Crippen molar-refractivity contribution >= 4 is 6.09 Å². The van der Waals surface area contributed by atoms with Crippen LogP contribution in [0, 0.1) is 11.3 Å². The maximum atomic E-state index is 10.9. The molecule has 0 saturated heterocycles. The molecule has 0 atom stereocenters. The van der Waals surface area contributed by atoms with Gasteiger partial charge in [-0.2, -0.15) is 5.26 Å². The first-order chi connectivity index (χ1) is 5.26. The van der Waals surface area contributed by atoms with Crippen LogP contribution in [0.5, 0.6) is 0 Å². The molecule has 62 valence electrons. The number of nitriles is 1. The van der Waals surface area contributed by atoms with E-state index in [9.17, 15) is 4.79 Å². The van der Waals surface area contributed by atoms with Crippen molar-refractivity contribution in [2.45, 2.75) is 13.8 Å². The first-order valence-electron chi connectivity index (χ1n) is 3.54. The molecule has 0 rings (SSSR count). The minimum Gasteiger partial charge on any atom is -0.450 e. The lowest BCUT2D eigenvalue weighted by Gasteiger charge is -2.15. The number of rotatable bonds is 3. The summed E-state index contributed by atoms with van der Waals surface area (Å²) in [4.78, 5) is 12.3. The Labute approximate surface area is 66.4 Å². The van der Waals surface area contributed by atoms with Crippen LogP contribution in [0.2, 0.25) is 0 Å². The highest BCUT2D eigenvalue weighted by molar-refractivity contribution is 5.67. The Kier molecular flexibility index (Phi) is 4.91. The van der Waals surface area contributed by atoms with Gasteiger partial charge in [0.1, 0.15) is 6.54 Å². The molecule has 0 N–H and O–H groups in total. The van der Waals surface area contributed by atoms with E-state index < -0.39 is 6.09 Å². The van der Waals surface area contributed by atoms with Crippen LogP contribution in [0.3, 0.4) is 0 Å². The quantitative estimate of drug-likeness (QED) is 0.572. The normalized spacial score (nSPS) is 8.45. The summed E-state index contributed by atoms with van der Waals surface area (Å²) < 4.78 is 4.68. The number of carbonyl (C=O) groups is 1. The van der Waals surface area contributed by atoms with Gasteiger partial charge in [0.2, 0.25) is 0 Å². The first-order valence-corrected chi connectivity index (χ1v) is 3.54. The zero-order chi connectivity index (χ0) is 8.69. The van der Waals surface area contributed by atoms with Crippen LogP contribution in [0.1, 0.15) is 13.8 Å². The SMILES string of the molecule is CCOC(=O)N(CC)CC#N. The van der Waals surface area contributed by atoms with Crippen LogP contribution in [0.15, 0.2) is 0 Å². The van der Waals surface area contributed by atoms with E-state index in [0.717, 1.165) is 0 Å². The fourth-order valence-electron chi connectivity index (χ4n) is 0.606. The van der Waals surface area contributed by atoms with E-state index in [1.807, 2.05) is 6.07 Å². The van der Waals surface area contributed by atoms with Gasteiger partial charge in [-0.05, 0) is 13.8 Å². The minimum atomic E-state index is -0.420. The number of amides is 1. The molecule has 11 heavy (non-hydrogen) atoms. The van der Waals surface area contributed by atoms with E-state index in [1.54, 1.807) is 13.8 Å². The van der Waals surface area contributed by atoms with Crippen molar-refractivity contribution in [3.63, 3.8) is 0 Å². The second-order valence-corrected chi connectivity index (χ2v) is 1.87. The fraction of sp³-hybridized carbons (Fsp3) is 0.714. The number of hydrogen-bond acceptors (Lipinski definition) is 3. The molecule has 0 aromatic carbocycles. The lowest BCUT2D eigenvalue weighted by Crippen LogP contribution is -2.31. The molecule has 0 unspecified atom stereocenters. The summed E-state index contributed by atoms with van der Waals surface area (Å²) in [6.45, 7) is 4.48. The van der Waals surface area contributed by atoms with Crippen molar-refractivity contribution in [2.75, 3.05) is 19.7 Å². The lowest BCUT2D eigenvalue weighted by molar-refractivity contribution is 0.114. The van der Waals surface area contributed by atoms with E-state index in [2.05, 4.69) is 4.74 Å². The van der Waals surface area contributed by atoms with Crippen LogP contribution in [0.4, 0.5) is 4.79 Å². The zero-order valence-corrected chi connectivity index (χ0v) is 6.83. The van der Waals surface area contributed by atoms with Gasteiger partial charge in [0.15, 0.2) is 0 Å². The number of hydrogen-bond donors (Lipinski definition) is 0. The average Bonchev–Trinajstić information content (AvgIpc) is 2.00. The molecular weight excluding hydrogens is 144 g/mol. The Morgan fingerprint density at radius 2 is 2.27 bits per heavy atom. The summed E-state index contributed by atoms with van der Waals surface area (Å²) in [5.74, 6) is 0. The van der Waals surface area contributed by atoms with Crippen LogP contribution < -0.4 is 0 Å². The van der Waals surface area contributed by atoms with Crippen LogP contribution >= 0.6 is 0 Å². The molecule has 0 spiro atoms. The van der Waals surface area contributed by atoms with Gasteiger partial charge in [-0.25, -0.2) is 4.79 Å². The average molecular weight is 156 g/mol. The molecule has 4 nitrogen and oxygen atoms in total. The van der Waals surface area contributed by atoms with Gasteiger partial charge in [0.05, 0.1) is 12.7 Å². The second-order valence-electron chi connectivity index (χ2n) is 1.87. The lowest BCUT2D eigenvalue weighted by atomic mass is 10.5. The second kappa shape index (κ2) is 5.54. The van der Waals surface area contributed by atoms with Gasteiger partial charge in [0.25, 0.3) is 0 Å². The molecule has 1 amide bonds. The Hall–Kier alpha value is -1.24. The van der Waals surface area contributed by atoms with Crippen molar-refractivity contribution < 1.29 is 9.53 Å². The van der Waals surface area contributed by atoms with E-state index in [0.29, 0.717) is 13.2 Å². The van der Waals surface area contributed by atoms with Crippen LogP contribution in [0.25, 0.3) is 0 Å². The van der Waals surface area contributed by atoms with Gasteiger partial charge in [-0.3, -0.25) is 4.90 Å². The van der Waals surface area contributed by atoms with Gasteiger partial charge < -0.3 is 4.74 Å². The summed E-state index contributed by atoms with van der Waals surface area (Å²) in [7, 11) is 0. The molecular formula is C7H12N2O2. The summed E-state index contributed by atoms with van der Waals surface area (Å²) in [5.41, 5.74) is 0. The topological polar surface area (TPSA) is 53.3 Å². The molecule has 0 radical (unpaired) electrons. The fourth-order valence-corrected chi connectivity index (χ4v) is 0.606. The number of ether oxygens (including phenoxy) is 1. The Bertz CT molecular complexity index is 162. The van der Waals surface area contributed by atoms with Gasteiger partial charge in [-0.1, -0.05) is 0 Å². The van der Waals surface area contributed by atoms with Gasteiger partial charge in [0, 0.05) is 6.54 Å². The van der Waals surface area contributed by atoms with E-state index in [4.69, 9.17) is 5.26 Å². The summed E-state index contributed by atoms with van der Waals surface area (Å²) in [6, 6.07) is 1.88. The monoisotopic (exact) mass is 156 g/mol. The Morgan fingerprint density at radius 3 is 2.64 bits per heavy atom. The summed E-state index contributed by atoms with van der Waals surface area (Å²) in [6.07, 6.45) is -0.420. The van der Waals surface area contributed by atoms with Gasteiger partial charge in [-0.15, -0.1) is 0 Å². The molecule has 0 aliphatic carbocycles. The third-order valence-electron chi connectivity index (χ3n) is 1.17. The maximum absolute atomic E-state index is 10.9. The molecule has 4 heteroatoms. The summed E-state index contributed by atoms with van der Waals surface area (Å²) in [5, 5.41) is 8.29. The standard InChI is InChI=1S/C7H12N2O2/c1-3-9(6-5-8)7(10)11-4-2/h3-4,6H2,1-2H3. The zero-order valence-electron chi connectivity index (χ0n) is 6.83. The third-order valence-corrected chi connectivity index (χ3v) is 1.17. The van der Waals surface area contributed by atoms with Crippen molar-refractivity contribution in [2.24, 2.45) is 0 Å². The van der Waals surface area contributed by atoms with E-state index in [1.165, 1.54) is 4.90 Å². The van der Waals surface area contributed by atoms with Crippen molar-refractivity contribution in [3.05, 3.63) is 0 Å². The van der Waals surface area contributed by atoms with E-state index in [-0.39, 0.29) is 6.54 Å². The highest BCUT2D eigenvalue weighted by atomic mass is 16.6. The Morgan fingerprint density at radius 1 is 1.64 bits per heavy atom. The highest BCUT2D eigenvalue weighted by Gasteiger charge is 2.10. The van der Waals surface area contributed by atoms with Crippen molar-refractivity contribution in [1.82, 2.24) is 4.90 Å². The molecule has 0 fully saturated rings. The number of carbonyl (C=O) groups excluding carboxylic acids is 1. The molecule has 0 aromatic rings. The highest BCUT2D eigenvalue weighted by Crippen LogP contribution is 1.91. The molecule has 0 aromatic heterocycles. The maximum Gasteiger partial charge on any atom is 0.410 e. The molecule has 0 aliphatic rings. The minimum absolute atomic E-state index is 0.0926. The smallest absolute Gasteiger partial charge is 0.410 e. The summed E-state index contributed by atoms with van der Waals surface area (Å²) >= 11 is 0. The van der Waals surface area contributed by atoms with Crippen LogP contribution in [-0.4, -0.2) is 30.7 Å². The van der Waals surface area contributed by atoms with Crippen molar-refractivity contribution in [3.8, 4) is 6.07 Å². The third kappa shape index (κ3) is 3.46. The van der Waals surface area contributed by atoms with E-state index >= 15 is 0 Å². The molecule has 0 aliphatic heterocycles. The largest absolute Gasteiger partial charge is 0.450 e. The van der Waals surface area contributed by atoms with Gasteiger partial charge >= 0.3 is 6.09 Å². The molecule has 0 saturated carbocycles. The predicted octanol–water partition coefficient (Wildman–Crippen LogP) is 0.988. The molecule has 0 heterocycles. The predicted molar refractivity (Wildman–Crippen MR) is 39.9 cm³/mol. The molecule has 0 bridgehead atoms. The van der Waals surface area contributed by atoms with Crippen LogP contribution in [-0.2, 0) is 4.74 Å². The first kappa shape index (κ1) is 9.76. The van der Waals surface area contributed by atoms with Crippen molar-refractivity contribution in [1.29, 1.82) is 5.26 Å². The number of nitrogens with zero attached hydrogens (tertiary/aromatic N) is 2. The Balaban J connectivity index is 3.83.